The van der Waals surface area contributed by atoms with Crippen molar-refractivity contribution in [2.24, 2.45) is 5.92 Å². The summed E-state index contributed by atoms with van der Waals surface area (Å²) in [7, 11) is 0. The fraction of sp³-hybridized carbons (Fsp3) is 0.361. The number of amides is 3. The molecule has 0 radical (unpaired) electrons. The van der Waals surface area contributed by atoms with E-state index in [0.717, 1.165) is 5.56 Å². The van der Waals surface area contributed by atoms with Gasteiger partial charge in [0.1, 0.15) is 30.2 Å². The number of nitrogens with one attached hydrogen (secondary N) is 1. The SMILES string of the molecule is CC(OC(=O)Nc1nnc(-c2ccccc2OCc2ccccc2)cc1-n1cc(N2CCN(C(=O)OC(C)(C)C)CC2=O)cn1)OC(=O)C(C)C. The fourth-order valence-corrected chi connectivity index (χ4v) is 4.93. The number of benzene rings is 2. The Bertz CT molecular complexity index is 1870. The maximum atomic E-state index is 13.2. The second kappa shape index (κ2) is 15.7. The van der Waals surface area contributed by atoms with Crippen LogP contribution in [0.3, 0.4) is 0 Å². The van der Waals surface area contributed by atoms with Gasteiger partial charge in [-0.25, -0.2) is 14.3 Å². The van der Waals surface area contributed by atoms with Crippen molar-refractivity contribution in [3.05, 3.63) is 78.6 Å². The van der Waals surface area contributed by atoms with E-state index < -0.39 is 36.0 Å². The van der Waals surface area contributed by atoms with Crippen molar-refractivity contribution < 1.29 is 38.1 Å². The van der Waals surface area contributed by atoms with Gasteiger partial charge >= 0.3 is 18.2 Å². The lowest BCUT2D eigenvalue weighted by atomic mass is 10.1. The normalized spacial score (nSPS) is 13.8. The zero-order chi connectivity index (χ0) is 36.7. The number of piperazine rings is 1. The smallest absolute Gasteiger partial charge is 0.416 e. The number of anilines is 2. The van der Waals surface area contributed by atoms with Gasteiger partial charge in [0.25, 0.3) is 0 Å². The first-order valence-electron chi connectivity index (χ1n) is 16.4. The first-order valence-corrected chi connectivity index (χ1v) is 16.4. The van der Waals surface area contributed by atoms with Crippen molar-refractivity contribution in [3.8, 4) is 22.7 Å². The van der Waals surface area contributed by atoms with E-state index in [0.29, 0.717) is 29.3 Å². The number of nitrogens with zero attached hydrogens (tertiary/aromatic N) is 6. The van der Waals surface area contributed by atoms with Crippen LogP contribution in [0.1, 0.15) is 47.1 Å². The molecule has 15 nitrogen and oxygen atoms in total. The van der Waals surface area contributed by atoms with E-state index in [4.69, 9.17) is 18.9 Å². The second-order valence-corrected chi connectivity index (χ2v) is 13.0. The molecule has 1 unspecified atom stereocenters. The molecule has 1 atom stereocenters. The quantitative estimate of drug-likeness (QED) is 0.162. The molecule has 0 aliphatic carbocycles. The summed E-state index contributed by atoms with van der Waals surface area (Å²) in [4.78, 5) is 53.5. The predicted octanol–water partition coefficient (Wildman–Crippen LogP) is 5.59. The number of hydrogen-bond donors (Lipinski definition) is 1. The van der Waals surface area contributed by atoms with Crippen molar-refractivity contribution in [1.29, 1.82) is 0 Å². The van der Waals surface area contributed by atoms with E-state index in [1.165, 1.54) is 27.6 Å². The molecule has 0 saturated carbocycles. The molecule has 5 rings (SSSR count). The highest BCUT2D eigenvalue weighted by Gasteiger charge is 2.32. The van der Waals surface area contributed by atoms with Crippen LogP contribution in [0.4, 0.5) is 21.1 Å². The zero-order valence-electron chi connectivity index (χ0n) is 29.4. The maximum absolute atomic E-state index is 13.2. The van der Waals surface area contributed by atoms with Crippen LogP contribution >= 0.6 is 0 Å². The number of hydrogen-bond acceptors (Lipinski definition) is 11. The third-order valence-corrected chi connectivity index (χ3v) is 7.42. The summed E-state index contributed by atoms with van der Waals surface area (Å²) in [5.41, 5.74) is 2.07. The van der Waals surface area contributed by atoms with Gasteiger partial charge in [-0.15, -0.1) is 10.2 Å². The lowest BCUT2D eigenvalue weighted by Gasteiger charge is -2.34. The largest absolute Gasteiger partial charge is 0.488 e. The third kappa shape index (κ3) is 9.59. The standard InChI is InChI=1S/C36H41N7O8/c1-23(2)33(45)49-24(3)50-34(46)38-32-29(18-28(39-40-32)27-14-10-11-15-30(27)48-22-25-12-8-7-9-13-25)43-20-26(19-37-43)42-17-16-41(21-31(42)44)35(47)51-36(4,5)6/h7-15,18-20,23-24H,16-17,21-22H2,1-6H3,(H,38,40,46). The van der Waals surface area contributed by atoms with Crippen LogP contribution in [-0.2, 0) is 30.4 Å². The van der Waals surface area contributed by atoms with Crippen molar-refractivity contribution in [2.45, 2.75) is 60.0 Å². The zero-order valence-corrected chi connectivity index (χ0v) is 29.4. The van der Waals surface area contributed by atoms with Crippen LogP contribution < -0.4 is 15.0 Å². The highest BCUT2D eigenvalue weighted by Crippen LogP contribution is 2.32. The minimum absolute atomic E-state index is 0.0236. The summed E-state index contributed by atoms with van der Waals surface area (Å²) in [5.74, 6) is -0.734. The molecule has 268 valence electrons. The van der Waals surface area contributed by atoms with E-state index >= 15 is 0 Å². The molecular weight excluding hydrogens is 658 g/mol. The molecule has 15 heteroatoms. The van der Waals surface area contributed by atoms with Gasteiger partial charge in [0.05, 0.1) is 29.7 Å². The third-order valence-electron chi connectivity index (χ3n) is 7.42. The molecule has 0 bridgehead atoms. The minimum atomic E-state index is -1.18. The Morgan fingerprint density at radius 3 is 2.37 bits per heavy atom. The number of aromatic nitrogens is 4. The second-order valence-electron chi connectivity index (χ2n) is 13.0. The van der Waals surface area contributed by atoms with E-state index in [-0.39, 0.29) is 37.0 Å². The average molecular weight is 700 g/mol. The number of rotatable bonds is 10. The van der Waals surface area contributed by atoms with Crippen molar-refractivity contribution in [3.63, 3.8) is 0 Å². The number of carbonyl (C=O) groups is 4. The molecular formula is C36H41N7O8. The van der Waals surface area contributed by atoms with Gasteiger partial charge in [-0.3, -0.25) is 19.8 Å². The molecule has 1 N–H and O–H groups in total. The summed E-state index contributed by atoms with van der Waals surface area (Å²) >= 11 is 0. The summed E-state index contributed by atoms with van der Waals surface area (Å²) in [5, 5.41) is 15.7. The molecule has 3 amide bonds. The average Bonchev–Trinajstić information content (AvgIpc) is 3.57. The van der Waals surface area contributed by atoms with Gasteiger partial charge in [-0.1, -0.05) is 56.3 Å². The monoisotopic (exact) mass is 699 g/mol. The molecule has 1 fully saturated rings. The number of esters is 1. The van der Waals surface area contributed by atoms with E-state index in [1.807, 2.05) is 54.6 Å². The number of para-hydroxylation sites is 1. The van der Waals surface area contributed by atoms with Crippen LogP contribution in [0.5, 0.6) is 5.75 Å². The molecule has 1 aliphatic heterocycles. The van der Waals surface area contributed by atoms with Crippen LogP contribution in [0.15, 0.2) is 73.1 Å². The van der Waals surface area contributed by atoms with E-state index in [2.05, 4.69) is 20.6 Å². The van der Waals surface area contributed by atoms with Gasteiger partial charge in [0.15, 0.2) is 5.82 Å². The van der Waals surface area contributed by atoms with Crippen molar-refractivity contribution >= 4 is 35.6 Å². The topological polar surface area (TPSA) is 167 Å². The Labute approximate surface area is 295 Å². The van der Waals surface area contributed by atoms with E-state index in [9.17, 15) is 19.2 Å². The molecule has 2 aromatic carbocycles. The van der Waals surface area contributed by atoms with Crippen molar-refractivity contribution in [2.75, 3.05) is 29.9 Å². The summed E-state index contributed by atoms with van der Waals surface area (Å²) in [6, 6.07) is 18.7. The molecule has 4 aromatic rings. The Morgan fingerprint density at radius 2 is 1.67 bits per heavy atom. The highest BCUT2D eigenvalue weighted by atomic mass is 16.7. The van der Waals surface area contributed by atoms with E-state index in [1.54, 1.807) is 46.9 Å². The molecule has 1 aliphatic rings. The lowest BCUT2D eigenvalue weighted by molar-refractivity contribution is -0.168. The summed E-state index contributed by atoms with van der Waals surface area (Å²) in [6.45, 7) is 10.6. The minimum Gasteiger partial charge on any atom is -0.488 e. The van der Waals surface area contributed by atoms with Crippen LogP contribution in [0.25, 0.3) is 16.9 Å². The van der Waals surface area contributed by atoms with Crippen molar-refractivity contribution in [1.82, 2.24) is 24.9 Å². The fourth-order valence-electron chi connectivity index (χ4n) is 4.93. The van der Waals surface area contributed by atoms with Gasteiger partial charge in [0, 0.05) is 25.6 Å². The Balaban J connectivity index is 1.42. The number of carbonyl (C=O) groups excluding carboxylic acids is 4. The molecule has 0 spiro atoms. The van der Waals surface area contributed by atoms with Gasteiger partial charge in [-0.05, 0) is 44.5 Å². The van der Waals surface area contributed by atoms with Crippen LogP contribution in [-0.4, -0.2) is 80.5 Å². The lowest BCUT2D eigenvalue weighted by Crippen LogP contribution is -2.53. The molecule has 51 heavy (non-hydrogen) atoms. The van der Waals surface area contributed by atoms with Gasteiger partial charge in [0.2, 0.25) is 12.2 Å². The van der Waals surface area contributed by atoms with Crippen LogP contribution in [0, 0.1) is 5.92 Å². The number of ether oxygens (including phenoxy) is 4. The Morgan fingerprint density at radius 1 is 0.941 bits per heavy atom. The molecule has 1 saturated heterocycles. The maximum Gasteiger partial charge on any atom is 0.416 e. The van der Waals surface area contributed by atoms with Gasteiger partial charge in [-0.2, -0.15) is 5.10 Å². The Kier molecular flexibility index (Phi) is 11.2. The van der Waals surface area contributed by atoms with Crippen LogP contribution in [0.2, 0.25) is 0 Å². The summed E-state index contributed by atoms with van der Waals surface area (Å²) < 4.78 is 23.4. The predicted molar refractivity (Wildman–Crippen MR) is 186 cm³/mol. The summed E-state index contributed by atoms with van der Waals surface area (Å²) in [6.07, 6.45) is 0.405. The molecule has 3 heterocycles. The Hall–Kier alpha value is -5.99. The van der Waals surface area contributed by atoms with Gasteiger partial charge < -0.3 is 23.8 Å². The first kappa shape index (κ1) is 36.3. The highest BCUT2D eigenvalue weighted by molar-refractivity contribution is 5.97. The first-order chi connectivity index (χ1) is 24.3. The molecule has 2 aromatic heterocycles.